The first-order valence-corrected chi connectivity index (χ1v) is 10.6. The number of sulfonamides is 1. The van der Waals surface area contributed by atoms with Crippen molar-refractivity contribution in [3.8, 4) is 0 Å². The van der Waals surface area contributed by atoms with Crippen molar-refractivity contribution in [1.29, 1.82) is 0 Å². The summed E-state index contributed by atoms with van der Waals surface area (Å²) in [6, 6.07) is 8.63. The maximum atomic E-state index is 13.4. The van der Waals surface area contributed by atoms with E-state index < -0.39 is 16.0 Å². The molecule has 0 saturated heterocycles. The standard InChI is InChI=1S/C19H21ClN2O4S/c1-13-4-2-3-5-17(13)22(15-8-6-14(7-9-15)19(23)24)27(25,26)16-10-11-18(20)21-12-16/h6-13,17H,2-5H2,1H3,(H,23,24). The quantitative estimate of drug-likeness (QED) is 0.749. The van der Waals surface area contributed by atoms with Gasteiger partial charge < -0.3 is 5.11 Å². The maximum absolute atomic E-state index is 13.4. The highest BCUT2D eigenvalue weighted by Gasteiger charge is 2.36. The van der Waals surface area contributed by atoms with Gasteiger partial charge in [-0.15, -0.1) is 0 Å². The lowest BCUT2D eigenvalue weighted by Crippen LogP contribution is -2.45. The number of nitrogens with zero attached hydrogens (tertiary/aromatic N) is 2. The van der Waals surface area contributed by atoms with Gasteiger partial charge in [0.2, 0.25) is 0 Å². The third-order valence-corrected chi connectivity index (χ3v) is 7.05. The number of carbonyl (C=O) groups is 1. The normalized spacial score (nSPS) is 20.2. The Hall–Kier alpha value is -2.12. The number of pyridine rings is 1. The molecule has 1 N–H and O–H groups in total. The van der Waals surface area contributed by atoms with E-state index in [1.807, 2.05) is 0 Å². The van der Waals surface area contributed by atoms with Crippen molar-refractivity contribution in [2.45, 2.75) is 43.5 Å². The molecule has 2 unspecified atom stereocenters. The number of rotatable bonds is 5. The van der Waals surface area contributed by atoms with Crippen molar-refractivity contribution >= 4 is 33.3 Å². The molecule has 1 aliphatic rings. The summed E-state index contributed by atoms with van der Waals surface area (Å²) in [5, 5.41) is 9.34. The second kappa shape index (κ2) is 7.86. The van der Waals surface area contributed by atoms with E-state index in [0.717, 1.165) is 25.7 Å². The second-order valence-corrected chi connectivity index (χ2v) is 9.00. The molecule has 1 saturated carbocycles. The smallest absolute Gasteiger partial charge is 0.335 e. The van der Waals surface area contributed by atoms with Crippen LogP contribution >= 0.6 is 11.6 Å². The van der Waals surface area contributed by atoms with Gasteiger partial charge in [0.1, 0.15) is 10.0 Å². The van der Waals surface area contributed by atoms with Crippen LogP contribution in [0.25, 0.3) is 0 Å². The van der Waals surface area contributed by atoms with E-state index in [-0.39, 0.29) is 27.6 Å². The molecule has 1 heterocycles. The second-order valence-electron chi connectivity index (χ2n) is 6.80. The molecule has 144 valence electrons. The number of aromatic nitrogens is 1. The first-order valence-electron chi connectivity index (χ1n) is 8.80. The minimum Gasteiger partial charge on any atom is -0.478 e. The van der Waals surface area contributed by atoms with Crippen molar-refractivity contribution in [3.05, 3.63) is 53.3 Å². The van der Waals surface area contributed by atoms with Gasteiger partial charge in [-0.25, -0.2) is 18.2 Å². The van der Waals surface area contributed by atoms with Crippen molar-refractivity contribution < 1.29 is 18.3 Å². The Bertz CT molecular complexity index is 914. The average molecular weight is 409 g/mol. The van der Waals surface area contributed by atoms with Crippen molar-refractivity contribution in [3.63, 3.8) is 0 Å². The fraction of sp³-hybridized carbons (Fsp3) is 0.368. The largest absolute Gasteiger partial charge is 0.478 e. The molecule has 6 nitrogen and oxygen atoms in total. The van der Waals surface area contributed by atoms with Crippen LogP contribution in [-0.2, 0) is 10.0 Å². The molecule has 27 heavy (non-hydrogen) atoms. The lowest BCUT2D eigenvalue weighted by atomic mass is 9.86. The lowest BCUT2D eigenvalue weighted by molar-refractivity contribution is 0.0697. The highest BCUT2D eigenvalue weighted by Crippen LogP contribution is 2.35. The molecule has 1 aromatic heterocycles. The van der Waals surface area contributed by atoms with Gasteiger partial charge in [0.25, 0.3) is 10.0 Å². The lowest BCUT2D eigenvalue weighted by Gasteiger charge is -2.39. The Labute approximate surface area is 163 Å². The predicted molar refractivity (Wildman–Crippen MR) is 104 cm³/mol. The van der Waals surface area contributed by atoms with Crippen LogP contribution in [0.5, 0.6) is 0 Å². The number of benzene rings is 1. The van der Waals surface area contributed by atoms with Gasteiger partial charge in [0.05, 0.1) is 11.3 Å². The molecule has 0 radical (unpaired) electrons. The molecule has 1 aromatic carbocycles. The first kappa shape index (κ1) is 19.6. The van der Waals surface area contributed by atoms with Crippen LogP contribution in [0.2, 0.25) is 5.15 Å². The van der Waals surface area contributed by atoms with Crippen LogP contribution in [0.1, 0.15) is 43.0 Å². The van der Waals surface area contributed by atoms with Crippen molar-refractivity contribution in [2.75, 3.05) is 4.31 Å². The molecular weight excluding hydrogens is 388 g/mol. The minimum atomic E-state index is -3.87. The number of hydrogen-bond donors (Lipinski definition) is 1. The molecule has 0 aliphatic heterocycles. The van der Waals surface area contributed by atoms with Crippen LogP contribution in [0.15, 0.2) is 47.5 Å². The van der Waals surface area contributed by atoms with Gasteiger partial charge in [0.15, 0.2) is 0 Å². The van der Waals surface area contributed by atoms with E-state index in [9.17, 15) is 13.2 Å². The zero-order valence-electron chi connectivity index (χ0n) is 14.9. The van der Waals surface area contributed by atoms with E-state index in [4.69, 9.17) is 16.7 Å². The molecule has 0 spiro atoms. The zero-order chi connectivity index (χ0) is 19.6. The summed E-state index contributed by atoms with van der Waals surface area (Å²) < 4.78 is 28.3. The zero-order valence-corrected chi connectivity index (χ0v) is 16.4. The van der Waals surface area contributed by atoms with Crippen molar-refractivity contribution in [2.24, 2.45) is 5.92 Å². The van der Waals surface area contributed by atoms with Crippen LogP contribution in [-0.4, -0.2) is 30.5 Å². The molecule has 1 aliphatic carbocycles. The van der Waals surface area contributed by atoms with E-state index in [2.05, 4.69) is 11.9 Å². The number of anilines is 1. The molecule has 1 fully saturated rings. The third kappa shape index (κ3) is 4.09. The molecule has 2 aromatic rings. The molecule has 2 atom stereocenters. The van der Waals surface area contributed by atoms with E-state index in [1.54, 1.807) is 12.1 Å². The maximum Gasteiger partial charge on any atom is 0.335 e. The fourth-order valence-corrected chi connectivity index (χ4v) is 5.37. The van der Waals surface area contributed by atoms with Gasteiger partial charge in [-0.1, -0.05) is 31.4 Å². The summed E-state index contributed by atoms with van der Waals surface area (Å²) in [6.07, 6.45) is 4.98. The van der Waals surface area contributed by atoms with Crippen molar-refractivity contribution in [1.82, 2.24) is 4.98 Å². The molecule has 0 bridgehead atoms. The summed E-state index contributed by atoms with van der Waals surface area (Å²) in [4.78, 5) is 15.1. The Morgan fingerprint density at radius 3 is 2.37 bits per heavy atom. The fourth-order valence-electron chi connectivity index (χ4n) is 3.53. The average Bonchev–Trinajstić information content (AvgIpc) is 2.64. The third-order valence-electron chi connectivity index (χ3n) is 4.99. The highest BCUT2D eigenvalue weighted by atomic mass is 35.5. The number of carboxylic acids is 1. The Balaban J connectivity index is 2.09. The Morgan fingerprint density at radius 1 is 1.15 bits per heavy atom. The van der Waals surface area contributed by atoms with Crippen LogP contribution < -0.4 is 4.31 Å². The summed E-state index contributed by atoms with van der Waals surface area (Å²) >= 11 is 5.80. The summed E-state index contributed by atoms with van der Waals surface area (Å²) in [5.41, 5.74) is 0.564. The molecule has 8 heteroatoms. The molecular formula is C19H21ClN2O4S. The molecule has 0 amide bonds. The predicted octanol–water partition coefficient (Wildman–Crippen LogP) is 4.21. The summed E-state index contributed by atoms with van der Waals surface area (Å²) in [7, 11) is -3.87. The van der Waals surface area contributed by atoms with Gasteiger partial charge in [-0.3, -0.25) is 4.31 Å². The van der Waals surface area contributed by atoms with Gasteiger partial charge in [-0.2, -0.15) is 0 Å². The van der Waals surface area contributed by atoms with E-state index in [1.165, 1.54) is 34.8 Å². The topological polar surface area (TPSA) is 87.6 Å². The minimum absolute atomic E-state index is 0.0620. The van der Waals surface area contributed by atoms with Gasteiger partial charge >= 0.3 is 5.97 Å². The van der Waals surface area contributed by atoms with Crippen LogP contribution in [0.3, 0.4) is 0 Å². The number of aromatic carboxylic acids is 1. The number of carboxylic acid groups (broad SMARTS) is 1. The van der Waals surface area contributed by atoms with Gasteiger partial charge in [-0.05, 0) is 55.2 Å². The number of halogens is 1. The molecule has 3 rings (SSSR count). The Kier molecular flexibility index (Phi) is 5.72. The van der Waals surface area contributed by atoms with E-state index in [0.29, 0.717) is 5.69 Å². The monoisotopic (exact) mass is 408 g/mol. The van der Waals surface area contributed by atoms with Gasteiger partial charge in [0, 0.05) is 12.2 Å². The van der Waals surface area contributed by atoms with Crippen LogP contribution in [0.4, 0.5) is 5.69 Å². The summed E-state index contributed by atoms with van der Waals surface area (Å²) in [6.45, 7) is 2.05. The first-order chi connectivity index (χ1) is 12.8. The van der Waals surface area contributed by atoms with E-state index >= 15 is 0 Å². The summed E-state index contributed by atoms with van der Waals surface area (Å²) in [5.74, 6) is -0.864. The SMILES string of the molecule is CC1CCCCC1N(c1ccc(C(=O)O)cc1)S(=O)(=O)c1ccc(Cl)nc1. The Morgan fingerprint density at radius 2 is 1.81 bits per heavy atom. The number of hydrogen-bond acceptors (Lipinski definition) is 4. The van der Waals surface area contributed by atoms with Crippen LogP contribution in [0, 0.1) is 5.92 Å². The highest BCUT2D eigenvalue weighted by molar-refractivity contribution is 7.92.